The SMILES string of the molecule is COC(=O)c1ccc(NC(=O)Cc2csc(NC(=O)NC3CCCCC3)n2)cc1. The Kier molecular flexibility index (Phi) is 7.18. The molecule has 3 amide bonds. The number of hydrogen-bond donors (Lipinski definition) is 3. The molecule has 0 radical (unpaired) electrons. The Labute approximate surface area is 173 Å². The number of urea groups is 1. The van der Waals surface area contributed by atoms with Crippen LogP contribution in [-0.2, 0) is 16.0 Å². The molecule has 0 atom stereocenters. The summed E-state index contributed by atoms with van der Waals surface area (Å²) in [6.45, 7) is 0. The minimum Gasteiger partial charge on any atom is -0.465 e. The number of anilines is 2. The summed E-state index contributed by atoms with van der Waals surface area (Å²) in [5, 5.41) is 10.7. The Morgan fingerprint density at radius 2 is 1.83 bits per heavy atom. The van der Waals surface area contributed by atoms with E-state index >= 15 is 0 Å². The molecule has 0 saturated heterocycles. The number of carbonyl (C=O) groups excluding carboxylic acids is 3. The number of methoxy groups -OCH3 is 1. The van der Waals surface area contributed by atoms with Gasteiger partial charge in [-0.15, -0.1) is 11.3 Å². The van der Waals surface area contributed by atoms with Gasteiger partial charge in [-0.3, -0.25) is 10.1 Å². The summed E-state index contributed by atoms with van der Waals surface area (Å²) >= 11 is 1.28. The quantitative estimate of drug-likeness (QED) is 0.624. The predicted octanol–water partition coefficient (Wildman–Crippen LogP) is 3.57. The van der Waals surface area contributed by atoms with Crippen LogP contribution in [0.25, 0.3) is 0 Å². The summed E-state index contributed by atoms with van der Waals surface area (Å²) < 4.78 is 4.64. The molecule has 29 heavy (non-hydrogen) atoms. The van der Waals surface area contributed by atoms with Crippen LogP contribution in [0.2, 0.25) is 0 Å². The maximum Gasteiger partial charge on any atom is 0.337 e. The number of ether oxygens (including phenoxy) is 1. The third kappa shape index (κ3) is 6.28. The van der Waals surface area contributed by atoms with Crippen LogP contribution in [0.1, 0.15) is 48.2 Å². The van der Waals surface area contributed by atoms with Crippen molar-refractivity contribution in [2.45, 2.75) is 44.6 Å². The maximum atomic E-state index is 12.2. The van der Waals surface area contributed by atoms with Crippen molar-refractivity contribution in [3.05, 3.63) is 40.9 Å². The van der Waals surface area contributed by atoms with Gasteiger partial charge in [-0.1, -0.05) is 19.3 Å². The average molecular weight is 417 g/mol. The van der Waals surface area contributed by atoms with Gasteiger partial charge in [0.05, 0.1) is 24.8 Å². The van der Waals surface area contributed by atoms with Gasteiger partial charge in [0, 0.05) is 17.1 Å². The topological polar surface area (TPSA) is 109 Å². The van der Waals surface area contributed by atoms with E-state index in [1.165, 1.54) is 24.9 Å². The second-order valence-corrected chi connectivity index (χ2v) is 7.73. The zero-order valence-electron chi connectivity index (χ0n) is 16.2. The first-order chi connectivity index (χ1) is 14.0. The van der Waals surface area contributed by atoms with E-state index in [9.17, 15) is 14.4 Å². The number of hydrogen-bond acceptors (Lipinski definition) is 6. The molecule has 9 heteroatoms. The summed E-state index contributed by atoms with van der Waals surface area (Å²) in [4.78, 5) is 40.0. The van der Waals surface area contributed by atoms with Gasteiger partial charge in [0.1, 0.15) is 0 Å². The number of benzene rings is 1. The predicted molar refractivity (Wildman–Crippen MR) is 111 cm³/mol. The van der Waals surface area contributed by atoms with Crippen LogP contribution in [0.5, 0.6) is 0 Å². The minimum absolute atomic E-state index is 0.0845. The highest BCUT2D eigenvalue weighted by Gasteiger charge is 2.16. The van der Waals surface area contributed by atoms with E-state index in [2.05, 4.69) is 25.7 Å². The van der Waals surface area contributed by atoms with Crippen LogP contribution in [-0.4, -0.2) is 36.0 Å². The van der Waals surface area contributed by atoms with Gasteiger partial charge in [-0.2, -0.15) is 0 Å². The number of nitrogens with zero attached hydrogens (tertiary/aromatic N) is 1. The largest absolute Gasteiger partial charge is 0.465 e. The van der Waals surface area contributed by atoms with E-state index in [4.69, 9.17) is 0 Å². The molecule has 0 unspecified atom stereocenters. The standard InChI is InChI=1S/C20H24N4O4S/c1-28-18(26)13-7-9-15(10-8-13)21-17(25)11-16-12-29-20(23-16)24-19(27)22-14-5-3-2-4-6-14/h7-10,12,14H,2-6,11H2,1H3,(H,21,25)(H2,22,23,24,27). The van der Waals surface area contributed by atoms with Crippen LogP contribution < -0.4 is 16.0 Å². The third-order valence-electron chi connectivity index (χ3n) is 4.64. The molecular formula is C20H24N4O4S. The van der Waals surface area contributed by atoms with E-state index in [0.717, 1.165) is 25.7 Å². The molecule has 0 bridgehead atoms. The van der Waals surface area contributed by atoms with Crippen LogP contribution >= 0.6 is 11.3 Å². The lowest BCUT2D eigenvalue weighted by atomic mass is 9.96. The van der Waals surface area contributed by atoms with E-state index < -0.39 is 5.97 Å². The monoisotopic (exact) mass is 416 g/mol. The van der Waals surface area contributed by atoms with Crippen molar-refractivity contribution in [3.8, 4) is 0 Å². The third-order valence-corrected chi connectivity index (χ3v) is 5.45. The molecule has 1 aromatic carbocycles. The Morgan fingerprint density at radius 3 is 2.52 bits per heavy atom. The molecule has 1 heterocycles. The van der Waals surface area contributed by atoms with Gasteiger partial charge in [0.2, 0.25) is 5.91 Å². The number of nitrogens with one attached hydrogen (secondary N) is 3. The van der Waals surface area contributed by atoms with Gasteiger partial charge >= 0.3 is 12.0 Å². The van der Waals surface area contributed by atoms with Crippen LogP contribution in [0.15, 0.2) is 29.6 Å². The maximum absolute atomic E-state index is 12.2. The van der Waals surface area contributed by atoms with Crippen molar-refractivity contribution in [1.82, 2.24) is 10.3 Å². The molecule has 8 nitrogen and oxygen atoms in total. The van der Waals surface area contributed by atoms with Gasteiger partial charge in [0.25, 0.3) is 0 Å². The zero-order valence-corrected chi connectivity index (χ0v) is 17.0. The molecule has 1 aromatic heterocycles. The van der Waals surface area contributed by atoms with Gasteiger partial charge in [0.15, 0.2) is 5.13 Å². The van der Waals surface area contributed by atoms with Crippen LogP contribution in [0, 0.1) is 0 Å². The Hall–Kier alpha value is -2.94. The van der Waals surface area contributed by atoms with E-state index in [0.29, 0.717) is 22.1 Å². The summed E-state index contributed by atoms with van der Waals surface area (Å²) in [7, 11) is 1.31. The molecule has 0 aliphatic heterocycles. The van der Waals surface area contributed by atoms with Crippen LogP contribution in [0.4, 0.5) is 15.6 Å². The molecule has 3 N–H and O–H groups in total. The number of amides is 3. The molecule has 0 spiro atoms. The Bertz CT molecular complexity index is 860. The number of carbonyl (C=O) groups is 3. The molecule has 1 saturated carbocycles. The molecule has 2 aromatic rings. The molecule has 1 aliphatic carbocycles. The summed E-state index contributed by atoms with van der Waals surface area (Å²) in [6.07, 6.45) is 5.63. The number of thiazole rings is 1. The summed E-state index contributed by atoms with van der Waals surface area (Å²) in [5.41, 5.74) is 1.56. The van der Waals surface area contributed by atoms with E-state index in [1.807, 2.05) is 0 Å². The average Bonchev–Trinajstić information content (AvgIpc) is 3.15. The lowest BCUT2D eigenvalue weighted by Gasteiger charge is -2.22. The van der Waals surface area contributed by atoms with Gasteiger partial charge in [-0.05, 0) is 37.1 Å². The second kappa shape index (κ2) is 10.0. The normalized spacial score (nSPS) is 14.1. The van der Waals surface area contributed by atoms with Crippen molar-refractivity contribution >= 4 is 40.1 Å². The zero-order chi connectivity index (χ0) is 20.6. The Morgan fingerprint density at radius 1 is 1.10 bits per heavy atom. The summed E-state index contributed by atoms with van der Waals surface area (Å²) in [6, 6.07) is 6.39. The van der Waals surface area contributed by atoms with E-state index in [1.54, 1.807) is 29.6 Å². The first kappa shape index (κ1) is 20.8. The number of rotatable bonds is 6. The minimum atomic E-state index is -0.432. The smallest absolute Gasteiger partial charge is 0.337 e. The Balaban J connectivity index is 1.47. The number of esters is 1. The molecule has 3 rings (SSSR count). The number of aromatic nitrogens is 1. The fraction of sp³-hybridized carbons (Fsp3) is 0.400. The first-order valence-corrected chi connectivity index (χ1v) is 10.4. The molecule has 1 aliphatic rings. The lowest BCUT2D eigenvalue weighted by molar-refractivity contribution is -0.115. The van der Waals surface area contributed by atoms with Crippen molar-refractivity contribution < 1.29 is 19.1 Å². The van der Waals surface area contributed by atoms with Gasteiger partial charge < -0.3 is 15.4 Å². The van der Waals surface area contributed by atoms with Crippen molar-refractivity contribution in [2.75, 3.05) is 17.7 Å². The van der Waals surface area contributed by atoms with E-state index in [-0.39, 0.29) is 24.4 Å². The molecule has 154 valence electrons. The summed E-state index contributed by atoms with van der Waals surface area (Å²) in [5.74, 6) is -0.669. The van der Waals surface area contributed by atoms with Crippen molar-refractivity contribution in [2.24, 2.45) is 0 Å². The van der Waals surface area contributed by atoms with Crippen molar-refractivity contribution in [3.63, 3.8) is 0 Å². The molecule has 1 fully saturated rings. The fourth-order valence-corrected chi connectivity index (χ4v) is 3.89. The second-order valence-electron chi connectivity index (χ2n) is 6.87. The van der Waals surface area contributed by atoms with Crippen LogP contribution in [0.3, 0.4) is 0 Å². The highest BCUT2D eigenvalue weighted by atomic mass is 32.1. The van der Waals surface area contributed by atoms with Crippen molar-refractivity contribution in [1.29, 1.82) is 0 Å². The first-order valence-electron chi connectivity index (χ1n) is 9.53. The highest BCUT2D eigenvalue weighted by molar-refractivity contribution is 7.13. The fourth-order valence-electron chi connectivity index (χ4n) is 3.19. The van der Waals surface area contributed by atoms with Gasteiger partial charge in [-0.25, -0.2) is 14.6 Å². The molecular weight excluding hydrogens is 392 g/mol. The highest BCUT2D eigenvalue weighted by Crippen LogP contribution is 2.19. The lowest BCUT2D eigenvalue weighted by Crippen LogP contribution is -2.39.